The summed E-state index contributed by atoms with van der Waals surface area (Å²) in [7, 11) is 0. The molecular formula is C41H56Cl2Zr-2. The summed E-state index contributed by atoms with van der Waals surface area (Å²) >= 11 is 1.75. The zero-order valence-corrected chi connectivity index (χ0v) is 32.3. The topological polar surface area (TPSA) is 0 Å². The van der Waals surface area contributed by atoms with Crippen LogP contribution in [0.1, 0.15) is 141 Å². The minimum absolute atomic E-state index is 0. The number of hydrogen-bond acceptors (Lipinski definition) is 0. The summed E-state index contributed by atoms with van der Waals surface area (Å²) in [6.07, 6.45) is 19.2. The van der Waals surface area contributed by atoms with E-state index in [1.807, 2.05) is 33.5 Å². The Morgan fingerprint density at radius 1 is 0.727 bits per heavy atom. The van der Waals surface area contributed by atoms with Crippen LogP contribution in [0.2, 0.25) is 0 Å². The molecule has 0 aromatic heterocycles. The van der Waals surface area contributed by atoms with Gasteiger partial charge in [0.05, 0.1) is 0 Å². The van der Waals surface area contributed by atoms with Crippen molar-refractivity contribution in [1.29, 1.82) is 0 Å². The molecule has 0 N–H and O–H groups in total. The van der Waals surface area contributed by atoms with E-state index < -0.39 is 0 Å². The summed E-state index contributed by atoms with van der Waals surface area (Å²) in [5.74, 6) is 2.15. The van der Waals surface area contributed by atoms with Crippen LogP contribution in [-0.4, -0.2) is 3.21 Å². The summed E-state index contributed by atoms with van der Waals surface area (Å²) in [5.41, 5.74) is 8.70. The second-order valence-electron chi connectivity index (χ2n) is 15.3. The van der Waals surface area contributed by atoms with Gasteiger partial charge in [0.15, 0.2) is 0 Å². The first-order valence-electron chi connectivity index (χ1n) is 16.9. The fourth-order valence-electron chi connectivity index (χ4n) is 6.91. The molecule has 0 bridgehead atoms. The molecule has 0 atom stereocenters. The van der Waals surface area contributed by atoms with E-state index >= 15 is 0 Å². The van der Waals surface area contributed by atoms with E-state index in [1.165, 1.54) is 110 Å². The van der Waals surface area contributed by atoms with Crippen molar-refractivity contribution in [1.82, 2.24) is 0 Å². The number of halogens is 2. The van der Waals surface area contributed by atoms with Gasteiger partial charge in [-0.15, -0.1) is 11.1 Å². The van der Waals surface area contributed by atoms with Crippen molar-refractivity contribution in [3.8, 4) is 11.1 Å². The molecule has 0 radical (unpaired) electrons. The maximum Gasteiger partial charge on any atom is -0.172 e. The Morgan fingerprint density at radius 2 is 1.25 bits per heavy atom. The quantitative estimate of drug-likeness (QED) is 0.238. The molecule has 3 aromatic carbocycles. The largest absolute Gasteiger partial charge is 0.214 e. The molecule has 3 heteroatoms. The normalized spacial score (nSPS) is 16.5. The zero-order chi connectivity index (χ0) is 30.2. The Morgan fingerprint density at radius 3 is 1.70 bits per heavy atom. The van der Waals surface area contributed by atoms with Crippen molar-refractivity contribution < 1.29 is 49.0 Å². The molecule has 6 rings (SSSR count). The smallest absolute Gasteiger partial charge is 0.172 e. The van der Waals surface area contributed by atoms with Crippen molar-refractivity contribution in [2.24, 2.45) is 11.8 Å². The Hall–Kier alpha value is -0.877. The molecule has 0 spiro atoms. The van der Waals surface area contributed by atoms with Gasteiger partial charge in [-0.1, -0.05) is 65.3 Å². The second-order valence-corrected chi connectivity index (χ2v) is 17.0. The average molecular weight is 711 g/mol. The molecule has 0 heterocycles. The van der Waals surface area contributed by atoms with Gasteiger partial charge < -0.3 is 24.8 Å². The number of benzene rings is 2. The molecule has 44 heavy (non-hydrogen) atoms. The number of hydrogen-bond donors (Lipinski definition) is 0. The fourth-order valence-corrected chi connectivity index (χ4v) is 8.33. The van der Waals surface area contributed by atoms with Gasteiger partial charge in [0.1, 0.15) is 0 Å². The third kappa shape index (κ3) is 12.0. The first-order chi connectivity index (χ1) is 20.0. The van der Waals surface area contributed by atoms with E-state index in [1.54, 1.807) is 24.2 Å². The average Bonchev–Trinajstić information content (AvgIpc) is 3.65. The first kappa shape index (κ1) is 39.3. The van der Waals surface area contributed by atoms with Crippen LogP contribution >= 0.6 is 0 Å². The van der Waals surface area contributed by atoms with Crippen LogP contribution in [0.3, 0.4) is 0 Å². The maximum atomic E-state index is 3.67. The summed E-state index contributed by atoms with van der Waals surface area (Å²) < 4.78 is 1.91. The molecule has 0 amide bonds. The van der Waals surface area contributed by atoms with Crippen LogP contribution in [0.4, 0.5) is 0 Å². The predicted octanol–water partition coefficient (Wildman–Crippen LogP) is 5.71. The van der Waals surface area contributed by atoms with E-state index in [2.05, 4.69) is 77.9 Å². The third-order valence-electron chi connectivity index (χ3n) is 9.54. The molecule has 3 aliphatic rings. The Balaban J connectivity index is 0.000000260. The van der Waals surface area contributed by atoms with Crippen LogP contribution in [0.25, 0.3) is 11.1 Å². The van der Waals surface area contributed by atoms with Crippen molar-refractivity contribution in [3.63, 3.8) is 0 Å². The minimum Gasteiger partial charge on any atom is -0.214 e. The minimum atomic E-state index is 0. The molecule has 3 aliphatic carbocycles. The van der Waals surface area contributed by atoms with Gasteiger partial charge in [0.25, 0.3) is 0 Å². The van der Waals surface area contributed by atoms with E-state index in [0.717, 1.165) is 18.3 Å². The van der Waals surface area contributed by atoms with Crippen LogP contribution in [0, 0.1) is 17.9 Å². The van der Waals surface area contributed by atoms with Gasteiger partial charge in [0, 0.05) is 0 Å². The number of rotatable bonds is 4. The van der Waals surface area contributed by atoms with E-state index in [-0.39, 0.29) is 35.6 Å². The number of fused-ring (bicyclic) bond motifs is 3. The van der Waals surface area contributed by atoms with Gasteiger partial charge in [-0.25, -0.2) is 12.1 Å². The zero-order valence-electron chi connectivity index (χ0n) is 28.4. The van der Waals surface area contributed by atoms with Gasteiger partial charge in [-0.3, -0.25) is 0 Å². The van der Waals surface area contributed by atoms with Gasteiger partial charge in [-0.2, -0.15) is 42.0 Å². The summed E-state index contributed by atoms with van der Waals surface area (Å²) in [6, 6.07) is 25.2. The van der Waals surface area contributed by atoms with Crippen molar-refractivity contribution in [2.45, 2.75) is 136 Å². The molecule has 3 aromatic rings. The van der Waals surface area contributed by atoms with Crippen molar-refractivity contribution >= 4 is 3.21 Å². The molecule has 0 saturated heterocycles. The molecule has 2 saturated carbocycles. The third-order valence-corrected chi connectivity index (χ3v) is 10.5. The summed E-state index contributed by atoms with van der Waals surface area (Å²) in [4.78, 5) is 0. The molecule has 2 fully saturated rings. The van der Waals surface area contributed by atoms with E-state index in [0.29, 0.717) is 0 Å². The monoisotopic (exact) mass is 708 g/mol. The van der Waals surface area contributed by atoms with Crippen molar-refractivity contribution in [3.05, 3.63) is 89.0 Å². The SMILES string of the molecule is CC(C)(C)c1[c-]c2c(cc1)-c1ccc(C(C)(C)C)cc1C2.[Cl-].[Cl-].[Zr+2]=[C](CC1CCCCC1)CC1CCCCC1.c1cc[cH-]c1. The summed E-state index contributed by atoms with van der Waals surface area (Å²) in [6.45, 7) is 13.6. The first-order valence-corrected chi connectivity index (χ1v) is 18.2. The summed E-state index contributed by atoms with van der Waals surface area (Å²) in [5, 5.41) is 0. The Labute approximate surface area is 298 Å². The molecule has 240 valence electrons. The van der Waals surface area contributed by atoms with Crippen molar-refractivity contribution in [2.75, 3.05) is 0 Å². The van der Waals surface area contributed by atoms with Gasteiger partial charge >= 0.3 is 116 Å². The van der Waals surface area contributed by atoms with Crippen LogP contribution < -0.4 is 24.8 Å². The molecule has 0 aliphatic heterocycles. The standard InChI is InChI=1S/C21H25.C15H26.C5H5.2ClH.Zr/c1-20(2,3)16-7-9-18-14(12-16)11-15-13-17(21(4,5)6)8-10-19(15)18;1-3-8-14(9-4-1)12-7-13-15-10-5-2-6-11-15;1-2-4-5-3-1;;;/h7-10,12H,11H2,1-6H3;14-15H,1-6,8-13H2;1-5H;2*1H;/q-1;;-1;;;+2/p-2. The molecule has 0 unspecified atom stereocenters. The predicted molar refractivity (Wildman–Crippen MR) is 180 cm³/mol. The maximum absolute atomic E-state index is 3.67. The van der Waals surface area contributed by atoms with Gasteiger partial charge in [-0.05, 0) is 28.4 Å². The van der Waals surface area contributed by atoms with Crippen LogP contribution in [-0.2, 0) is 41.5 Å². The second kappa shape index (κ2) is 18.5. The van der Waals surface area contributed by atoms with E-state index in [9.17, 15) is 0 Å². The van der Waals surface area contributed by atoms with Crippen LogP contribution in [0.5, 0.6) is 0 Å². The molecular weight excluding hydrogens is 655 g/mol. The van der Waals surface area contributed by atoms with Gasteiger partial charge in [0.2, 0.25) is 0 Å². The fraction of sp³-hybridized carbons (Fsp3) is 0.561. The molecule has 0 nitrogen and oxygen atoms in total. The Bertz CT molecular complexity index is 1150. The van der Waals surface area contributed by atoms with E-state index in [4.69, 9.17) is 0 Å². The Kier molecular flexibility index (Phi) is 16.5. The van der Waals surface area contributed by atoms with Crippen LogP contribution in [0.15, 0.2) is 60.7 Å².